The molecule has 0 unspecified atom stereocenters. The van der Waals surface area contributed by atoms with E-state index in [0.717, 1.165) is 47.0 Å². The zero-order chi connectivity index (χ0) is 21.6. The summed E-state index contributed by atoms with van der Waals surface area (Å²) in [5.74, 6) is 0.765. The third-order valence-corrected chi connectivity index (χ3v) is 6.36. The number of imidazole rings is 2. The van der Waals surface area contributed by atoms with E-state index in [0.29, 0.717) is 26.1 Å². The van der Waals surface area contributed by atoms with Gasteiger partial charge in [-0.25, -0.2) is 22.9 Å². The van der Waals surface area contributed by atoms with E-state index >= 15 is 0 Å². The van der Waals surface area contributed by atoms with Gasteiger partial charge in [0.15, 0.2) is 0 Å². The summed E-state index contributed by atoms with van der Waals surface area (Å²) in [5, 5.41) is 0. The number of pyridine rings is 1. The van der Waals surface area contributed by atoms with Gasteiger partial charge in [0, 0.05) is 25.3 Å². The fraction of sp³-hybridized carbons (Fsp3) is 0.381. The zero-order valence-corrected chi connectivity index (χ0v) is 18.0. The Morgan fingerprint density at radius 2 is 1.90 bits per heavy atom. The molecule has 0 bridgehead atoms. The minimum absolute atomic E-state index is 0.0390. The molecule has 1 fully saturated rings. The molecule has 3 heterocycles. The van der Waals surface area contributed by atoms with Gasteiger partial charge in [0.25, 0.3) is 0 Å². The summed E-state index contributed by atoms with van der Waals surface area (Å²) in [7, 11) is -3.23. The number of hydrogen-bond donors (Lipinski definition) is 1. The van der Waals surface area contributed by atoms with E-state index in [9.17, 15) is 13.2 Å². The average molecular weight is 441 g/mol. The largest absolute Gasteiger partial charge is 0.329 e. The first kappa shape index (κ1) is 20.0. The number of benzene rings is 1. The van der Waals surface area contributed by atoms with Crippen LogP contribution in [0.1, 0.15) is 31.1 Å². The van der Waals surface area contributed by atoms with Crippen LogP contribution < -0.4 is 10.4 Å². The maximum absolute atomic E-state index is 13.3. The number of aryl methyl sites for hydroxylation is 1. The molecule has 31 heavy (non-hydrogen) atoms. The number of nitrogens with one attached hydrogen (secondary N) is 1. The predicted octanol–water partition coefficient (Wildman–Crippen LogP) is 1.87. The number of aromatic nitrogens is 5. The second-order valence-electron chi connectivity index (χ2n) is 8.02. The van der Waals surface area contributed by atoms with Crippen molar-refractivity contribution in [3.05, 3.63) is 59.0 Å². The maximum atomic E-state index is 13.3. The molecular weight excluding hydrogens is 416 g/mol. The van der Waals surface area contributed by atoms with Crippen LogP contribution in [0, 0.1) is 0 Å². The quantitative estimate of drug-likeness (QED) is 0.421. The first-order valence-electron chi connectivity index (χ1n) is 10.4. The van der Waals surface area contributed by atoms with Gasteiger partial charge in [-0.3, -0.25) is 14.1 Å². The topological polar surface area (TPSA) is 104 Å². The predicted molar refractivity (Wildman–Crippen MR) is 119 cm³/mol. The lowest BCUT2D eigenvalue weighted by Gasteiger charge is -2.10. The van der Waals surface area contributed by atoms with Crippen LogP contribution in [0.25, 0.3) is 22.1 Å². The highest BCUT2D eigenvalue weighted by Gasteiger charge is 2.29. The lowest BCUT2D eigenvalue weighted by molar-refractivity contribution is 0.567. The molecule has 1 N–H and O–H groups in total. The molecule has 0 aliphatic heterocycles. The first-order valence-corrected chi connectivity index (χ1v) is 12.2. The van der Waals surface area contributed by atoms with Crippen molar-refractivity contribution in [1.29, 1.82) is 0 Å². The van der Waals surface area contributed by atoms with Gasteiger partial charge in [-0.2, -0.15) is 0 Å². The van der Waals surface area contributed by atoms with Crippen LogP contribution in [-0.2, 0) is 23.1 Å². The first-order chi connectivity index (χ1) is 14.9. The van der Waals surface area contributed by atoms with Crippen LogP contribution >= 0.6 is 0 Å². The molecule has 162 valence electrons. The minimum atomic E-state index is -3.23. The summed E-state index contributed by atoms with van der Waals surface area (Å²) < 4.78 is 30.9. The Labute approximate surface area is 179 Å². The highest BCUT2D eigenvalue weighted by molar-refractivity contribution is 7.88. The Balaban J connectivity index is 1.53. The van der Waals surface area contributed by atoms with Crippen molar-refractivity contribution in [1.82, 2.24) is 28.4 Å². The van der Waals surface area contributed by atoms with Crippen LogP contribution in [0.5, 0.6) is 0 Å². The van der Waals surface area contributed by atoms with E-state index in [1.54, 1.807) is 17.0 Å². The third kappa shape index (κ3) is 3.88. The Bertz CT molecular complexity index is 1430. The second-order valence-corrected chi connectivity index (χ2v) is 9.86. The molecule has 0 atom stereocenters. The summed E-state index contributed by atoms with van der Waals surface area (Å²) in [4.78, 5) is 22.3. The number of rotatable bonds is 8. The SMILES string of the molecule is CS(=O)(=O)NCCCn1c(Cn2c(=O)n(C3CC3)c3ccncc32)nc2ccccc21. The van der Waals surface area contributed by atoms with Crippen LogP contribution in [0.3, 0.4) is 0 Å². The molecule has 9 nitrogen and oxygen atoms in total. The van der Waals surface area contributed by atoms with Gasteiger partial charge in [0.1, 0.15) is 5.82 Å². The molecule has 1 aromatic carbocycles. The second kappa shape index (κ2) is 7.61. The molecule has 0 spiro atoms. The molecule has 3 aromatic heterocycles. The summed E-state index contributed by atoms with van der Waals surface area (Å²) in [6.07, 6.45) is 7.26. The van der Waals surface area contributed by atoms with Crippen molar-refractivity contribution in [3.8, 4) is 0 Å². The molecule has 0 saturated heterocycles. The molecule has 10 heteroatoms. The normalized spacial score (nSPS) is 14.6. The number of hydrogen-bond acceptors (Lipinski definition) is 5. The van der Waals surface area contributed by atoms with E-state index < -0.39 is 10.0 Å². The van der Waals surface area contributed by atoms with Crippen molar-refractivity contribution >= 4 is 32.1 Å². The number of fused-ring (bicyclic) bond motifs is 2. The smallest absolute Gasteiger partial charge is 0.326 e. The summed E-state index contributed by atoms with van der Waals surface area (Å²) in [5.41, 5.74) is 3.49. The standard InChI is InChI=1S/C21H24N6O3S/c1-31(29,30)23-10-4-12-25-17-6-3-2-5-16(17)24-20(25)14-26-19-13-22-11-9-18(19)27(21(26)28)15-7-8-15/h2-3,5-6,9,11,13,15,23H,4,7-8,10,12,14H2,1H3. The molecule has 0 amide bonds. The van der Waals surface area contributed by atoms with Crippen molar-refractivity contribution in [2.75, 3.05) is 12.8 Å². The maximum Gasteiger partial charge on any atom is 0.329 e. The lowest BCUT2D eigenvalue weighted by atomic mass is 10.3. The van der Waals surface area contributed by atoms with Crippen molar-refractivity contribution in [2.24, 2.45) is 0 Å². The van der Waals surface area contributed by atoms with Gasteiger partial charge in [-0.15, -0.1) is 0 Å². The molecule has 1 aliphatic rings. The molecule has 4 aromatic rings. The highest BCUT2D eigenvalue weighted by Crippen LogP contribution is 2.36. The van der Waals surface area contributed by atoms with Crippen molar-refractivity contribution < 1.29 is 8.42 Å². The Morgan fingerprint density at radius 1 is 1.10 bits per heavy atom. The van der Waals surface area contributed by atoms with Crippen molar-refractivity contribution in [2.45, 2.75) is 38.4 Å². The Hall–Kier alpha value is -2.98. The van der Waals surface area contributed by atoms with E-state index in [1.807, 2.05) is 34.9 Å². The summed E-state index contributed by atoms with van der Waals surface area (Å²) in [6.45, 7) is 1.26. The van der Waals surface area contributed by atoms with Gasteiger partial charge >= 0.3 is 5.69 Å². The van der Waals surface area contributed by atoms with Crippen LogP contribution in [0.15, 0.2) is 47.5 Å². The van der Waals surface area contributed by atoms with Crippen molar-refractivity contribution in [3.63, 3.8) is 0 Å². The molecule has 1 saturated carbocycles. The van der Waals surface area contributed by atoms with E-state index in [4.69, 9.17) is 4.98 Å². The van der Waals surface area contributed by atoms with E-state index in [1.165, 1.54) is 0 Å². The summed E-state index contributed by atoms with van der Waals surface area (Å²) >= 11 is 0. The van der Waals surface area contributed by atoms with Gasteiger partial charge < -0.3 is 4.57 Å². The number of sulfonamides is 1. The third-order valence-electron chi connectivity index (χ3n) is 5.63. The van der Waals surface area contributed by atoms with Gasteiger partial charge in [-0.05, 0) is 37.5 Å². The van der Waals surface area contributed by atoms with Crippen LogP contribution in [0.4, 0.5) is 0 Å². The minimum Gasteiger partial charge on any atom is -0.326 e. The lowest BCUT2D eigenvalue weighted by Crippen LogP contribution is -2.26. The average Bonchev–Trinajstić information content (AvgIpc) is 3.45. The van der Waals surface area contributed by atoms with Gasteiger partial charge in [0.05, 0.1) is 41.1 Å². The number of nitrogens with zero attached hydrogens (tertiary/aromatic N) is 5. The van der Waals surface area contributed by atoms with Gasteiger partial charge in [-0.1, -0.05) is 12.1 Å². The van der Waals surface area contributed by atoms with Crippen LogP contribution in [0.2, 0.25) is 0 Å². The molecule has 5 rings (SSSR count). The Kier molecular flexibility index (Phi) is 4.90. The number of para-hydroxylation sites is 2. The highest BCUT2D eigenvalue weighted by atomic mass is 32.2. The van der Waals surface area contributed by atoms with E-state index in [-0.39, 0.29) is 11.7 Å². The van der Waals surface area contributed by atoms with E-state index in [2.05, 4.69) is 14.3 Å². The van der Waals surface area contributed by atoms with Crippen LogP contribution in [-0.4, -0.2) is 44.9 Å². The monoisotopic (exact) mass is 440 g/mol. The fourth-order valence-electron chi connectivity index (χ4n) is 4.10. The molecular formula is C21H24N6O3S. The molecule has 1 aliphatic carbocycles. The zero-order valence-electron chi connectivity index (χ0n) is 17.2. The molecule has 0 radical (unpaired) electrons. The fourth-order valence-corrected chi connectivity index (χ4v) is 4.61. The van der Waals surface area contributed by atoms with Gasteiger partial charge in [0.2, 0.25) is 10.0 Å². The summed E-state index contributed by atoms with van der Waals surface area (Å²) in [6, 6.07) is 9.98. The Morgan fingerprint density at radius 3 is 2.68 bits per heavy atom.